The topological polar surface area (TPSA) is 73.8 Å². The summed E-state index contributed by atoms with van der Waals surface area (Å²) in [5.74, 6) is -0.227. The Kier molecular flexibility index (Phi) is 4.66. The summed E-state index contributed by atoms with van der Waals surface area (Å²) in [5, 5.41) is 0.851. The van der Waals surface area contributed by atoms with Crippen molar-refractivity contribution in [3.05, 3.63) is 52.0 Å². The molecule has 0 bridgehead atoms. The Morgan fingerprint density at radius 3 is 2.46 bits per heavy atom. The summed E-state index contributed by atoms with van der Waals surface area (Å²) in [6.45, 7) is 3.13. The number of aryl methyl sites for hydroxylation is 1. The number of piperidine rings is 1. The number of imide groups is 1. The lowest BCUT2D eigenvalue weighted by Gasteiger charge is -2.42. The Balaban J connectivity index is 1.55. The zero-order valence-electron chi connectivity index (χ0n) is 15.9. The van der Waals surface area contributed by atoms with Crippen LogP contribution < -0.4 is 0 Å². The fourth-order valence-electron chi connectivity index (χ4n) is 4.04. The number of carbonyl (C=O) groups excluding carboxylic acids is 3. The summed E-state index contributed by atoms with van der Waals surface area (Å²) in [6, 6.07) is 9.40. The van der Waals surface area contributed by atoms with Crippen LogP contribution in [0.2, 0.25) is 0 Å². The van der Waals surface area contributed by atoms with Gasteiger partial charge in [0.1, 0.15) is 10.4 Å². The SMILES string of the molecule is Cc1ncc(C(=O)N2CCC3(CC2)C(=O)N(C)C(=O)N3Cc2ccccc2)s1. The van der Waals surface area contributed by atoms with Gasteiger partial charge in [0.15, 0.2) is 0 Å². The lowest BCUT2D eigenvalue weighted by atomic mass is 9.85. The normalized spacial score (nSPS) is 19.0. The molecule has 2 fully saturated rings. The van der Waals surface area contributed by atoms with Crippen molar-refractivity contribution in [2.45, 2.75) is 31.8 Å². The molecular weight excluding hydrogens is 376 g/mol. The molecule has 1 aromatic carbocycles. The number of carbonyl (C=O) groups is 3. The number of hydrogen-bond donors (Lipinski definition) is 0. The van der Waals surface area contributed by atoms with Gasteiger partial charge in [-0.2, -0.15) is 0 Å². The molecule has 0 saturated carbocycles. The first kappa shape index (κ1) is 18.6. The predicted octanol–water partition coefficient (Wildman–Crippen LogP) is 2.52. The second-order valence-electron chi connectivity index (χ2n) is 7.29. The molecule has 146 valence electrons. The van der Waals surface area contributed by atoms with Crippen LogP contribution in [-0.2, 0) is 11.3 Å². The fraction of sp³-hybridized carbons (Fsp3) is 0.400. The molecule has 28 heavy (non-hydrogen) atoms. The van der Waals surface area contributed by atoms with Crippen molar-refractivity contribution in [2.75, 3.05) is 20.1 Å². The number of urea groups is 1. The number of thiazole rings is 1. The van der Waals surface area contributed by atoms with Crippen molar-refractivity contribution in [1.82, 2.24) is 19.7 Å². The van der Waals surface area contributed by atoms with Crippen LogP contribution in [0.1, 0.15) is 33.1 Å². The van der Waals surface area contributed by atoms with Gasteiger partial charge < -0.3 is 9.80 Å². The maximum atomic E-state index is 13.0. The maximum Gasteiger partial charge on any atom is 0.327 e. The van der Waals surface area contributed by atoms with Crippen LogP contribution in [0.25, 0.3) is 0 Å². The van der Waals surface area contributed by atoms with Crippen LogP contribution >= 0.6 is 11.3 Å². The molecule has 1 spiro atoms. The van der Waals surface area contributed by atoms with Crippen molar-refractivity contribution >= 4 is 29.2 Å². The van der Waals surface area contributed by atoms with E-state index in [2.05, 4.69) is 4.98 Å². The van der Waals surface area contributed by atoms with Gasteiger partial charge in [0.05, 0.1) is 11.2 Å². The summed E-state index contributed by atoms with van der Waals surface area (Å²) in [7, 11) is 1.54. The highest BCUT2D eigenvalue weighted by atomic mass is 32.1. The van der Waals surface area contributed by atoms with E-state index in [4.69, 9.17) is 0 Å². The lowest BCUT2D eigenvalue weighted by Crippen LogP contribution is -2.57. The van der Waals surface area contributed by atoms with Crippen LogP contribution in [0.5, 0.6) is 0 Å². The number of amides is 4. The smallest absolute Gasteiger partial charge is 0.327 e. The van der Waals surface area contributed by atoms with Crippen molar-refractivity contribution in [3.8, 4) is 0 Å². The van der Waals surface area contributed by atoms with Crippen LogP contribution in [0.15, 0.2) is 36.5 Å². The highest BCUT2D eigenvalue weighted by Crippen LogP contribution is 2.38. The third kappa shape index (κ3) is 2.97. The van der Waals surface area contributed by atoms with E-state index < -0.39 is 5.54 Å². The van der Waals surface area contributed by atoms with Gasteiger partial charge in [-0.25, -0.2) is 9.78 Å². The number of nitrogens with zero attached hydrogens (tertiary/aromatic N) is 4. The Bertz CT molecular complexity index is 919. The summed E-state index contributed by atoms with van der Waals surface area (Å²) >= 11 is 1.37. The zero-order chi connectivity index (χ0) is 19.9. The molecule has 8 heteroatoms. The third-order valence-electron chi connectivity index (χ3n) is 5.63. The first-order valence-electron chi connectivity index (χ1n) is 9.28. The number of rotatable bonds is 3. The number of aromatic nitrogens is 1. The number of benzene rings is 1. The van der Waals surface area contributed by atoms with Crippen molar-refractivity contribution in [1.29, 1.82) is 0 Å². The monoisotopic (exact) mass is 398 g/mol. The Labute approximate surface area is 167 Å². The summed E-state index contributed by atoms with van der Waals surface area (Å²) in [5.41, 5.74) is 0.110. The molecule has 0 atom stereocenters. The van der Waals surface area contributed by atoms with Gasteiger partial charge in [-0.05, 0) is 25.3 Å². The summed E-state index contributed by atoms with van der Waals surface area (Å²) in [4.78, 5) is 47.9. The van der Waals surface area contributed by atoms with Crippen LogP contribution in [0, 0.1) is 6.92 Å². The zero-order valence-corrected chi connectivity index (χ0v) is 16.7. The maximum absolute atomic E-state index is 13.0. The van der Waals surface area contributed by atoms with E-state index in [1.807, 2.05) is 37.3 Å². The quantitative estimate of drug-likeness (QED) is 0.745. The summed E-state index contributed by atoms with van der Waals surface area (Å²) < 4.78 is 0. The molecule has 7 nitrogen and oxygen atoms in total. The molecule has 0 radical (unpaired) electrons. The average molecular weight is 398 g/mol. The van der Waals surface area contributed by atoms with E-state index in [0.29, 0.717) is 37.4 Å². The number of likely N-dealkylation sites (N-methyl/N-ethyl adjacent to an activating group) is 1. The molecule has 2 aromatic rings. The molecule has 0 unspecified atom stereocenters. The third-order valence-corrected chi connectivity index (χ3v) is 6.53. The van der Waals surface area contributed by atoms with E-state index >= 15 is 0 Å². The molecule has 0 aliphatic carbocycles. The average Bonchev–Trinajstić information content (AvgIpc) is 3.22. The molecule has 0 N–H and O–H groups in total. The standard InChI is InChI=1S/C20H22N4O3S/c1-14-21-12-16(28-14)17(25)23-10-8-20(9-11-23)18(26)22(2)19(27)24(20)13-15-6-4-3-5-7-15/h3-7,12H,8-11,13H2,1-2H3. The molecule has 2 aliphatic heterocycles. The van der Waals surface area contributed by atoms with E-state index in [1.54, 1.807) is 16.0 Å². The first-order valence-corrected chi connectivity index (χ1v) is 10.1. The van der Waals surface area contributed by atoms with Crippen LogP contribution in [0.4, 0.5) is 4.79 Å². The predicted molar refractivity (Wildman–Crippen MR) is 105 cm³/mol. The van der Waals surface area contributed by atoms with Gasteiger partial charge in [-0.1, -0.05) is 30.3 Å². The fourth-order valence-corrected chi connectivity index (χ4v) is 4.79. The molecule has 4 rings (SSSR count). The second kappa shape index (κ2) is 7.01. The van der Waals surface area contributed by atoms with Crippen LogP contribution in [0.3, 0.4) is 0 Å². The Hall–Kier alpha value is -2.74. The number of hydrogen-bond acceptors (Lipinski definition) is 5. The van der Waals surface area contributed by atoms with Gasteiger partial charge in [0, 0.05) is 26.7 Å². The van der Waals surface area contributed by atoms with E-state index in [9.17, 15) is 14.4 Å². The number of likely N-dealkylation sites (tertiary alicyclic amines) is 1. The van der Waals surface area contributed by atoms with Crippen molar-refractivity contribution in [3.63, 3.8) is 0 Å². The van der Waals surface area contributed by atoms with Gasteiger partial charge in [-0.3, -0.25) is 14.5 Å². The van der Waals surface area contributed by atoms with Gasteiger partial charge in [-0.15, -0.1) is 11.3 Å². The highest BCUT2D eigenvalue weighted by molar-refractivity contribution is 7.13. The minimum absolute atomic E-state index is 0.0554. The minimum Gasteiger partial charge on any atom is -0.338 e. The summed E-state index contributed by atoms with van der Waals surface area (Å²) in [6.07, 6.45) is 2.49. The van der Waals surface area contributed by atoms with Gasteiger partial charge >= 0.3 is 6.03 Å². The molecule has 2 aliphatic rings. The van der Waals surface area contributed by atoms with E-state index in [-0.39, 0.29) is 17.8 Å². The van der Waals surface area contributed by atoms with Crippen molar-refractivity contribution < 1.29 is 14.4 Å². The molecular formula is C20H22N4O3S. The first-order chi connectivity index (χ1) is 13.4. The lowest BCUT2D eigenvalue weighted by molar-refractivity contribution is -0.134. The van der Waals surface area contributed by atoms with E-state index in [0.717, 1.165) is 10.6 Å². The van der Waals surface area contributed by atoms with Gasteiger partial charge in [0.2, 0.25) is 0 Å². The highest BCUT2D eigenvalue weighted by Gasteiger charge is 2.57. The van der Waals surface area contributed by atoms with Gasteiger partial charge in [0.25, 0.3) is 11.8 Å². The molecule has 4 amide bonds. The van der Waals surface area contributed by atoms with E-state index in [1.165, 1.54) is 23.3 Å². The second-order valence-corrected chi connectivity index (χ2v) is 8.52. The Morgan fingerprint density at radius 1 is 1.18 bits per heavy atom. The molecule has 1 aromatic heterocycles. The van der Waals surface area contributed by atoms with Crippen molar-refractivity contribution in [2.24, 2.45) is 0 Å². The Morgan fingerprint density at radius 2 is 1.86 bits per heavy atom. The molecule has 2 saturated heterocycles. The minimum atomic E-state index is -0.873. The molecule has 3 heterocycles. The largest absolute Gasteiger partial charge is 0.338 e. The van der Waals surface area contributed by atoms with Crippen LogP contribution in [-0.4, -0.2) is 63.2 Å².